The van der Waals surface area contributed by atoms with Crippen LogP contribution in [0.15, 0.2) is 65.7 Å². The van der Waals surface area contributed by atoms with E-state index in [4.69, 9.17) is 0 Å². The highest BCUT2D eigenvalue weighted by molar-refractivity contribution is 7.92. The van der Waals surface area contributed by atoms with Crippen LogP contribution in [0.1, 0.15) is 33.3 Å². The highest BCUT2D eigenvalue weighted by Gasteiger charge is 2.32. The van der Waals surface area contributed by atoms with Crippen molar-refractivity contribution in [2.75, 3.05) is 16.2 Å². The van der Waals surface area contributed by atoms with E-state index in [1.807, 2.05) is 18.2 Å². The number of nitrogens with one attached hydrogen (secondary N) is 1. The van der Waals surface area contributed by atoms with Gasteiger partial charge >= 0.3 is 0 Å². The molecule has 1 aliphatic heterocycles. The fourth-order valence-electron chi connectivity index (χ4n) is 3.57. The number of hydrogen-bond donors (Lipinski definition) is 1. The first kappa shape index (κ1) is 19.9. The van der Waals surface area contributed by atoms with Gasteiger partial charge in [0.2, 0.25) is 0 Å². The summed E-state index contributed by atoms with van der Waals surface area (Å²) in [6.45, 7) is 1.85. The van der Waals surface area contributed by atoms with Gasteiger partial charge in [0.25, 0.3) is 15.9 Å². The molecule has 0 saturated carbocycles. The Bertz CT molecular complexity index is 1240. The van der Waals surface area contributed by atoms with Crippen molar-refractivity contribution in [3.8, 4) is 0 Å². The Balaban J connectivity index is 1.58. The molecule has 0 saturated heterocycles. The Morgan fingerprint density at radius 3 is 2.43 bits per heavy atom. The molecule has 0 radical (unpaired) electrons. The lowest BCUT2D eigenvalue weighted by molar-refractivity contribution is 0.101. The molecule has 8 heteroatoms. The second kappa shape index (κ2) is 7.46. The fourth-order valence-corrected chi connectivity index (χ4v) is 5.14. The number of rotatable bonds is 5. The van der Waals surface area contributed by atoms with E-state index in [0.717, 1.165) is 5.56 Å². The van der Waals surface area contributed by atoms with Gasteiger partial charge in [-0.2, -0.15) is 0 Å². The van der Waals surface area contributed by atoms with Crippen LogP contribution in [-0.4, -0.2) is 31.2 Å². The van der Waals surface area contributed by atoms with Crippen molar-refractivity contribution >= 4 is 33.1 Å². The molecule has 4 rings (SSSR count). The molecular formula is C22H21N3O4S. The Labute approximate surface area is 175 Å². The van der Waals surface area contributed by atoms with Crippen molar-refractivity contribution in [3.05, 3.63) is 77.6 Å². The molecule has 3 aromatic rings. The topological polar surface area (TPSA) is 88.5 Å². The SMILES string of the molecule is CC(=O)c1ccc(NC(=O)c2cc(S(=O)(=O)N3CCc4ccccc43)cn2C)cc1. The highest BCUT2D eigenvalue weighted by Crippen LogP contribution is 2.33. The summed E-state index contributed by atoms with van der Waals surface area (Å²) in [5, 5.41) is 2.74. The first-order valence-corrected chi connectivity index (χ1v) is 10.9. The summed E-state index contributed by atoms with van der Waals surface area (Å²) in [7, 11) is -2.15. The maximum atomic E-state index is 13.2. The van der Waals surface area contributed by atoms with Crippen LogP contribution in [0.5, 0.6) is 0 Å². The van der Waals surface area contributed by atoms with Gasteiger partial charge in [-0.1, -0.05) is 18.2 Å². The number of benzene rings is 2. The molecule has 0 aliphatic carbocycles. The molecule has 2 aromatic carbocycles. The molecule has 1 aromatic heterocycles. The molecule has 1 N–H and O–H groups in total. The summed E-state index contributed by atoms with van der Waals surface area (Å²) in [6.07, 6.45) is 2.11. The number of aromatic nitrogens is 1. The molecule has 154 valence electrons. The van der Waals surface area contributed by atoms with Crippen molar-refractivity contribution in [1.82, 2.24) is 4.57 Å². The van der Waals surface area contributed by atoms with Crippen LogP contribution in [-0.2, 0) is 23.5 Å². The third kappa shape index (κ3) is 3.50. The zero-order chi connectivity index (χ0) is 21.5. The fraction of sp³-hybridized carbons (Fsp3) is 0.182. The average Bonchev–Trinajstić information content (AvgIpc) is 3.33. The predicted octanol–water partition coefficient (Wildman–Crippen LogP) is 3.23. The van der Waals surface area contributed by atoms with Crippen molar-refractivity contribution < 1.29 is 18.0 Å². The molecular weight excluding hydrogens is 402 g/mol. The summed E-state index contributed by atoms with van der Waals surface area (Å²) in [6, 6.07) is 15.3. The van der Waals surface area contributed by atoms with E-state index in [1.54, 1.807) is 37.4 Å². The van der Waals surface area contributed by atoms with Crippen LogP contribution >= 0.6 is 0 Å². The Morgan fingerprint density at radius 1 is 1.03 bits per heavy atom. The molecule has 0 atom stereocenters. The first-order chi connectivity index (χ1) is 14.3. The van der Waals surface area contributed by atoms with Crippen LogP contribution in [0.4, 0.5) is 11.4 Å². The van der Waals surface area contributed by atoms with Crippen LogP contribution in [0.3, 0.4) is 0 Å². The van der Waals surface area contributed by atoms with E-state index in [9.17, 15) is 18.0 Å². The van der Waals surface area contributed by atoms with Gasteiger partial charge in [0.15, 0.2) is 5.78 Å². The van der Waals surface area contributed by atoms with E-state index >= 15 is 0 Å². The molecule has 1 amide bonds. The lowest BCUT2D eigenvalue weighted by Crippen LogP contribution is -2.28. The molecule has 0 unspecified atom stereocenters. The zero-order valence-corrected chi connectivity index (χ0v) is 17.4. The highest BCUT2D eigenvalue weighted by atomic mass is 32.2. The zero-order valence-electron chi connectivity index (χ0n) is 16.6. The van der Waals surface area contributed by atoms with Gasteiger partial charge in [-0.05, 0) is 55.3 Å². The maximum Gasteiger partial charge on any atom is 0.272 e. The molecule has 0 spiro atoms. The van der Waals surface area contributed by atoms with E-state index < -0.39 is 15.9 Å². The van der Waals surface area contributed by atoms with Crippen LogP contribution in [0.25, 0.3) is 0 Å². The summed E-state index contributed by atoms with van der Waals surface area (Å²) < 4.78 is 29.3. The second-order valence-corrected chi connectivity index (χ2v) is 9.08. The second-order valence-electron chi connectivity index (χ2n) is 7.22. The third-order valence-electron chi connectivity index (χ3n) is 5.19. The predicted molar refractivity (Wildman–Crippen MR) is 114 cm³/mol. The first-order valence-electron chi connectivity index (χ1n) is 9.47. The smallest absolute Gasteiger partial charge is 0.272 e. The van der Waals surface area contributed by atoms with Gasteiger partial charge in [-0.3, -0.25) is 13.9 Å². The van der Waals surface area contributed by atoms with Gasteiger partial charge in [0.1, 0.15) is 10.6 Å². The van der Waals surface area contributed by atoms with Crippen molar-refractivity contribution in [2.24, 2.45) is 7.05 Å². The van der Waals surface area contributed by atoms with Crippen molar-refractivity contribution in [1.29, 1.82) is 0 Å². The minimum atomic E-state index is -3.78. The van der Waals surface area contributed by atoms with Crippen molar-refractivity contribution in [3.63, 3.8) is 0 Å². The minimum Gasteiger partial charge on any atom is -0.345 e. The quantitative estimate of drug-likeness (QED) is 0.638. The standard InChI is InChI=1S/C22H21N3O4S/c1-15(26)16-7-9-18(10-8-16)23-22(27)21-13-19(14-24(21)2)30(28,29)25-12-11-17-5-3-4-6-20(17)25/h3-10,13-14H,11-12H2,1-2H3,(H,23,27). The van der Waals surface area contributed by atoms with E-state index in [0.29, 0.717) is 29.9 Å². The Morgan fingerprint density at radius 2 is 1.73 bits per heavy atom. The Kier molecular flexibility index (Phi) is 4.95. The number of nitrogens with zero attached hydrogens (tertiary/aromatic N) is 2. The number of para-hydroxylation sites is 1. The minimum absolute atomic E-state index is 0.0614. The molecule has 0 bridgehead atoms. The molecule has 0 fully saturated rings. The van der Waals surface area contributed by atoms with E-state index in [-0.39, 0.29) is 16.4 Å². The van der Waals surface area contributed by atoms with Crippen LogP contribution in [0.2, 0.25) is 0 Å². The van der Waals surface area contributed by atoms with Gasteiger partial charge in [-0.25, -0.2) is 8.42 Å². The summed E-state index contributed by atoms with van der Waals surface area (Å²) in [5.74, 6) is -0.495. The number of carbonyl (C=O) groups excluding carboxylic acids is 2. The number of aryl methyl sites for hydroxylation is 1. The summed E-state index contributed by atoms with van der Waals surface area (Å²) in [4.78, 5) is 24.2. The lowest BCUT2D eigenvalue weighted by atomic mass is 10.1. The van der Waals surface area contributed by atoms with Crippen LogP contribution in [0, 0.1) is 0 Å². The number of fused-ring (bicyclic) bond motifs is 1. The molecule has 7 nitrogen and oxygen atoms in total. The third-order valence-corrected chi connectivity index (χ3v) is 6.97. The van der Waals surface area contributed by atoms with Gasteiger partial charge in [-0.15, -0.1) is 0 Å². The number of hydrogen-bond acceptors (Lipinski definition) is 4. The molecule has 1 aliphatic rings. The van der Waals surface area contributed by atoms with Crippen molar-refractivity contribution in [2.45, 2.75) is 18.2 Å². The van der Waals surface area contributed by atoms with Gasteiger partial charge < -0.3 is 9.88 Å². The normalized spacial score (nSPS) is 13.2. The number of amides is 1. The summed E-state index contributed by atoms with van der Waals surface area (Å²) >= 11 is 0. The number of ketones is 1. The monoisotopic (exact) mass is 423 g/mol. The largest absolute Gasteiger partial charge is 0.345 e. The average molecular weight is 423 g/mol. The van der Waals surface area contributed by atoms with Gasteiger partial charge in [0.05, 0.1) is 5.69 Å². The number of anilines is 2. The van der Waals surface area contributed by atoms with E-state index in [2.05, 4.69) is 5.32 Å². The van der Waals surface area contributed by atoms with E-state index in [1.165, 1.54) is 28.1 Å². The number of sulfonamides is 1. The number of Topliss-reactive ketones (excluding diaryl/α,β-unsaturated/α-hetero) is 1. The van der Waals surface area contributed by atoms with Crippen LogP contribution < -0.4 is 9.62 Å². The molecule has 2 heterocycles. The summed E-state index contributed by atoms with van der Waals surface area (Å²) in [5.41, 5.74) is 2.95. The van der Waals surface area contributed by atoms with Gasteiger partial charge in [0, 0.05) is 31.0 Å². The molecule has 30 heavy (non-hydrogen) atoms. The maximum absolute atomic E-state index is 13.2. The Hall–Kier alpha value is -3.39. The lowest BCUT2D eigenvalue weighted by Gasteiger charge is -2.18. The number of carbonyl (C=O) groups is 2.